The van der Waals surface area contributed by atoms with E-state index in [1.807, 2.05) is 11.3 Å². The van der Waals surface area contributed by atoms with Crippen LogP contribution in [0.5, 0.6) is 0 Å². The van der Waals surface area contributed by atoms with Crippen molar-refractivity contribution in [2.75, 3.05) is 19.6 Å². The molecule has 2 nitrogen and oxygen atoms in total. The molecule has 2 fully saturated rings. The monoisotopic (exact) mass is 250 g/mol. The standard InChI is InChI=1S/C14H22N2S/c1-11(14-3-2-8-17-14)15-9-12-6-7-16(10-12)13-4-5-13/h2-3,8,11-13,15H,4-7,9-10H2,1H3. The minimum absolute atomic E-state index is 0.518. The summed E-state index contributed by atoms with van der Waals surface area (Å²) in [5, 5.41) is 5.86. The summed E-state index contributed by atoms with van der Waals surface area (Å²) in [6, 6.07) is 5.84. The van der Waals surface area contributed by atoms with E-state index in [-0.39, 0.29) is 0 Å². The molecule has 3 heteroatoms. The van der Waals surface area contributed by atoms with Crippen molar-refractivity contribution in [2.45, 2.75) is 38.3 Å². The van der Waals surface area contributed by atoms with Crippen molar-refractivity contribution in [1.29, 1.82) is 0 Å². The predicted octanol–water partition coefficient (Wildman–Crippen LogP) is 2.88. The highest BCUT2D eigenvalue weighted by Crippen LogP contribution is 2.31. The van der Waals surface area contributed by atoms with Crippen LogP contribution in [0.4, 0.5) is 0 Å². The Morgan fingerprint density at radius 1 is 1.47 bits per heavy atom. The molecule has 1 aliphatic carbocycles. The minimum atomic E-state index is 0.518. The zero-order chi connectivity index (χ0) is 11.7. The molecule has 1 aliphatic heterocycles. The summed E-state index contributed by atoms with van der Waals surface area (Å²) in [4.78, 5) is 4.16. The molecule has 0 radical (unpaired) electrons. The third-order valence-corrected chi connectivity index (χ3v) is 5.12. The Balaban J connectivity index is 1.42. The summed E-state index contributed by atoms with van der Waals surface area (Å²) < 4.78 is 0. The molecule has 2 aliphatic rings. The van der Waals surface area contributed by atoms with E-state index in [0.717, 1.165) is 12.0 Å². The van der Waals surface area contributed by atoms with Crippen molar-refractivity contribution >= 4 is 11.3 Å². The summed E-state index contributed by atoms with van der Waals surface area (Å²) in [7, 11) is 0. The number of hydrogen-bond acceptors (Lipinski definition) is 3. The van der Waals surface area contributed by atoms with Crippen LogP contribution in [0.1, 0.15) is 37.1 Å². The van der Waals surface area contributed by atoms with Crippen LogP contribution in [0.15, 0.2) is 17.5 Å². The summed E-state index contributed by atoms with van der Waals surface area (Å²) in [5.74, 6) is 0.873. The van der Waals surface area contributed by atoms with Gasteiger partial charge in [0.25, 0.3) is 0 Å². The zero-order valence-electron chi connectivity index (χ0n) is 10.6. The lowest BCUT2D eigenvalue weighted by Gasteiger charge is -2.17. The summed E-state index contributed by atoms with van der Waals surface area (Å²) >= 11 is 1.86. The third-order valence-electron chi connectivity index (χ3n) is 4.06. The highest BCUT2D eigenvalue weighted by molar-refractivity contribution is 7.10. The Kier molecular flexibility index (Phi) is 3.50. The predicted molar refractivity (Wildman–Crippen MR) is 73.4 cm³/mol. The van der Waals surface area contributed by atoms with Gasteiger partial charge < -0.3 is 10.2 Å². The van der Waals surface area contributed by atoms with Crippen molar-refractivity contribution in [3.63, 3.8) is 0 Å². The van der Waals surface area contributed by atoms with Crippen LogP contribution in [0.3, 0.4) is 0 Å². The first kappa shape index (κ1) is 11.7. The molecule has 3 rings (SSSR count). The highest BCUT2D eigenvalue weighted by atomic mass is 32.1. The largest absolute Gasteiger partial charge is 0.309 e. The van der Waals surface area contributed by atoms with Gasteiger partial charge in [-0.25, -0.2) is 0 Å². The quantitative estimate of drug-likeness (QED) is 0.864. The van der Waals surface area contributed by atoms with E-state index in [1.54, 1.807) is 0 Å². The molecule has 2 heterocycles. The number of likely N-dealkylation sites (tertiary alicyclic amines) is 1. The molecule has 0 aromatic carbocycles. The maximum atomic E-state index is 3.69. The number of hydrogen-bond donors (Lipinski definition) is 1. The molecule has 1 saturated carbocycles. The van der Waals surface area contributed by atoms with Crippen LogP contribution in [0, 0.1) is 5.92 Å². The molecule has 1 saturated heterocycles. The van der Waals surface area contributed by atoms with Gasteiger partial charge in [0.2, 0.25) is 0 Å². The van der Waals surface area contributed by atoms with Crippen molar-refractivity contribution in [1.82, 2.24) is 10.2 Å². The first-order chi connectivity index (χ1) is 8.33. The van der Waals surface area contributed by atoms with E-state index < -0.39 is 0 Å². The zero-order valence-corrected chi connectivity index (χ0v) is 11.4. The van der Waals surface area contributed by atoms with Crippen molar-refractivity contribution in [3.05, 3.63) is 22.4 Å². The van der Waals surface area contributed by atoms with E-state index in [0.29, 0.717) is 6.04 Å². The Bertz CT molecular complexity index is 345. The van der Waals surface area contributed by atoms with Gasteiger partial charge in [-0.2, -0.15) is 0 Å². The van der Waals surface area contributed by atoms with E-state index in [4.69, 9.17) is 0 Å². The molecule has 94 valence electrons. The minimum Gasteiger partial charge on any atom is -0.309 e. The van der Waals surface area contributed by atoms with Crippen molar-refractivity contribution in [3.8, 4) is 0 Å². The van der Waals surface area contributed by atoms with E-state index >= 15 is 0 Å². The Hall–Kier alpha value is -0.380. The summed E-state index contributed by atoms with van der Waals surface area (Å²) in [6.45, 7) is 6.13. The molecule has 1 aromatic heterocycles. The molecule has 0 spiro atoms. The molecule has 1 aromatic rings. The maximum Gasteiger partial charge on any atom is 0.0386 e. The molecular weight excluding hydrogens is 228 g/mol. The van der Waals surface area contributed by atoms with Crippen LogP contribution in [0.25, 0.3) is 0 Å². The second kappa shape index (κ2) is 5.09. The Morgan fingerprint density at radius 3 is 3.06 bits per heavy atom. The van der Waals surface area contributed by atoms with Crippen molar-refractivity contribution < 1.29 is 0 Å². The lowest BCUT2D eigenvalue weighted by atomic mass is 10.1. The number of thiophene rings is 1. The normalized spacial score (nSPS) is 27.5. The third kappa shape index (κ3) is 2.90. The highest BCUT2D eigenvalue weighted by Gasteiger charge is 2.34. The average Bonchev–Trinajstić information content (AvgIpc) is 2.88. The SMILES string of the molecule is CC(NCC1CCN(C2CC2)C1)c1cccs1. The molecule has 0 amide bonds. The van der Waals surface area contributed by atoms with Gasteiger partial charge in [0.05, 0.1) is 0 Å². The number of rotatable bonds is 5. The molecule has 2 unspecified atom stereocenters. The molecule has 1 N–H and O–H groups in total. The van der Waals surface area contributed by atoms with Crippen LogP contribution in [-0.4, -0.2) is 30.6 Å². The van der Waals surface area contributed by atoms with Crippen LogP contribution < -0.4 is 5.32 Å². The second-order valence-corrected chi connectivity index (χ2v) is 6.51. The van der Waals surface area contributed by atoms with Gasteiger partial charge in [-0.05, 0) is 56.6 Å². The first-order valence-corrected chi connectivity index (χ1v) is 7.71. The summed E-state index contributed by atoms with van der Waals surface area (Å²) in [5.41, 5.74) is 0. The van der Waals surface area contributed by atoms with Gasteiger partial charge in [0, 0.05) is 23.5 Å². The molecule has 0 bridgehead atoms. The lowest BCUT2D eigenvalue weighted by Crippen LogP contribution is -2.28. The molecule has 17 heavy (non-hydrogen) atoms. The lowest BCUT2D eigenvalue weighted by molar-refractivity contribution is 0.310. The second-order valence-electron chi connectivity index (χ2n) is 5.53. The fraction of sp³-hybridized carbons (Fsp3) is 0.714. The van der Waals surface area contributed by atoms with E-state index in [2.05, 4.69) is 34.7 Å². The van der Waals surface area contributed by atoms with Crippen LogP contribution in [0.2, 0.25) is 0 Å². The summed E-state index contributed by atoms with van der Waals surface area (Å²) in [6.07, 6.45) is 4.29. The maximum absolute atomic E-state index is 3.69. The van der Waals surface area contributed by atoms with Gasteiger partial charge in [-0.15, -0.1) is 11.3 Å². The van der Waals surface area contributed by atoms with Gasteiger partial charge in [0.1, 0.15) is 0 Å². The number of nitrogens with zero attached hydrogens (tertiary/aromatic N) is 1. The molecular formula is C14H22N2S. The van der Waals surface area contributed by atoms with Gasteiger partial charge >= 0.3 is 0 Å². The van der Waals surface area contributed by atoms with E-state index in [1.165, 1.54) is 43.8 Å². The fourth-order valence-corrected chi connectivity index (χ4v) is 3.54. The van der Waals surface area contributed by atoms with Gasteiger partial charge in [0.15, 0.2) is 0 Å². The number of nitrogens with one attached hydrogen (secondary N) is 1. The fourth-order valence-electron chi connectivity index (χ4n) is 2.78. The van der Waals surface area contributed by atoms with Gasteiger partial charge in [-0.1, -0.05) is 6.07 Å². The van der Waals surface area contributed by atoms with Crippen molar-refractivity contribution in [2.24, 2.45) is 5.92 Å². The topological polar surface area (TPSA) is 15.3 Å². The first-order valence-electron chi connectivity index (χ1n) is 6.84. The van der Waals surface area contributed by atoms with Crippen LogP contribution >= 0.6 is 11.3 Å². The smallest absolute Gasteiger partial charge is 0.0386 e. The molecule has 2 atom stereocenters. The Morgan fingerprint density at radius 2 is 2.35 bits per heavy atom. The average molecular weight is 250 g/mol. The van der Waals surface area contributed by atoms with Gasteiger partial charge in [-0.3, -0.25) is 0 Å². The van der Waals surface area contributed by atoms with E-state index in [9.17, 15) is 0 Å². The Labute approximate surface area is 108 Å². The van der Waals surface area contributed by atoms with Crippen LogP contribution in [-0.2, 0) is 0 Å².